The predicted octanol–water partition coefficient (Wildman–Crippen LogP) is 2.89. The molecule has 74 valence electrons. The van der Waals surface area contributed by atoms with Crippen LogP contribution in [0.3, 0.4) is 0 Å². The van der Waals surface area contributed by atoms with E-state index in [4.69, 9.17) is 10.2 Å². The van der Waals surface area contributed by atoms with Crippen molar-refractivity contribution < 1.29 is 4.42 Å². The fourth-order valence-electron chi connectivity index (χ4n) is 1.55. The van der Waals surface area contributed by atoms with Crippen LogP contribution in [0.5, 0.6) is 0 Å². The molecule has 3 heteroatoms. The normalized spacial score (nSPS) is 13.0. The molecule has 1 unspecified atom stereocenters. The number of hydrogen-bond acceptors (Lipinski definition) is 3. The van der Waals surface area contributed by atoms with E-state index in [0.717, 1.165) is 17.7 Å². The fraction of sp³-hybridized carbons (Fsp3) is 0.273. The Hall–Kier alpha value is -1.06. The van der Waals surface area contributed by atoms with Gasteiger partial charge in [-0.25, -0.2) is 0 Å². The van der Waals surface area contributed by atoms with Crippen LogP contribution in [0.4, 0.5) is 0 Å². The summed E-state index contributed by atoms with van der Waals surface area (Å²) in [6.45, 7) is 1.95. The summed E-state index contributed by atoms with van der Waals surface area (Å²) in [5.74, 6) is 0.924. The molecule has 0 fully saturated rings. The van der Waals surface area contributed by atoms with Gasteiger partial charge in [0.25, 0.3) is 0 Å². The number of rotatable bonds is 3. The van der Waals surface area contributed by atoms with E-state index in [9.17, 15) is 0 Å². The molecule has 14 heavy (non-hydrogen) atoms. The Balaban J connectivity index is 2.10. The summed E-state index contributed by atoms with van der Waals surface area (Å²) in [6.07, 6.45) is 2.57. The van der Waals surface area contributed by atoms with Crippen molar-refractivity contribution in [2.75, 3.05) is 0 Å². The summed E-state index contributed by atoms with van der Waals surface area (Å²) >= 11 is 1.70. The molecule has 0 saturated heterocycles. The lowest BCUT2D eigenvalue weighted by atomic mass is 10.0. The molecule has 0 aliphatic carbocycles. The van der Waals surface area contributed by atoms with Crippen molar-refractivity contribution in [3.8, 4) is 0 Å². The zero-order chi connectivity index (χ0) is 9.97. The van der Waals surface area contributed by atoms with Gasteiger partial charge in [-0.3, -0.25) is 0 Å². The minimum atomic E-state index is 0.0448. The van der Waals surface area contributed by atoms with Crippen LogP contribution in [-0.2, 0) is 6.42 Å². The first-order valence-electron chi connectivity index (χ1n) is 4.58. The molecule has 2 nitrogen and oxygen atoms in total. The summed E-state index contributed by atoms with van der Waals surface area (Å²) in [7, 11) is 0. The van der Waals surface area contributed by atoms with Gasteiger partial charge in [0.15, 0.2) is 0 Å². The number of nitrogens with two attached hydrogens (primary N) is 1. The molecule has 1 atom stereocenters. The maximum Gasteiger partial charge on any atom is 0.105 e. The lowest BCUT2D eigenvalue weighted by molar-refractivity contribution is 0.524. The van der Waals surface area contributed by atoms with Crippen molar-refractivity contribution in [2.24, 2.45) is 5.73 Å². The van der Waals surface area contributed by atoms with Gasteiger partial charge >= 0.3 is 0 Å². The Kier molecular flexibility index (Phi) is 2.70. The molecule has 0 aromatic carbocycles. The van der Waals surface area contributed by atoms with E-state index in [1.165, 1.54) is 5.56 Å². The zero-order valence-corrected chi connectivity index (χ0v) is 8.88. The Morgan fingerprint density at radius 2 is 2.36 bits per heavy atom. The number of hydrogen-bond donors (Lipinski definition) is 1. The Morgan fingerprint density at radius 1 is 1.50 bits per heavy atom. The molecule has 0 aliphatic rings. The fourth-order valence-corrected chi connectivity index (χ4v) is 2.23. The van der Waals surface area contributed by atoms with Crippen molar-refractivity contribution in [3.05, 3.63) is 46.0 Å². The first-order chi connectivity index (χ1) is 6.77. The summed E-state index contributed by atoms with van der Waals surface area (Å²) < 4.78 is 5.23. The van der Waals surface area contributed by atoms with Crippen LogP contribution in [0.25, 0.3) is 0 Å². The highest BCUT2D eigenvalue weighted by molar-refractivity contribution is 7.07. The lowest BCUT2D eigenvalue weighted by Crippen LogP contribution is -2.13. The van der Waals surface area contributed by atoms with Crippen LogP contribution >= 0.6 is 11.3 Å². The van der Waals surface area contributed by atoms with Crippen LogP contribution in [0.15, 0.2) is 33.6 Å². The SMILES string of the molecule is Cc1occc1C(N)Cc1ccsc1. The van der Waals surface area contributed by atoms with Gasteiger partial charge in [0.05, 0.1) is 6.26 Å². The quantitative estimate of drug-likeness (QED) is 0.840. The Morgan fingerprint density at radius 3 is 2.93 bits per heavy atom. The first-order valence-corrected chi connectivity index (χ1v) is 5.52. The molecule has 0 aliphatic heterocycles. The molecule has 0 radical (unpaired) electrons. The molecular formula is C11H13NOS. The van der Waals surface area contributed by atoms with Gasteiger partial charge in [-0.1, -0.05) is 0 Å². The monoisotopic (exact) mass is 207 g/mol. The Bertz CT molecular complexity index is 391. The largest absolute Gasteiger partial charge is 0.469 e. The van der Waals surface area contributed by atoms with Crippen molar-refractivity contribution in [3.63, 3.8) is 0 Å². The van der Waals surface area contributed by atoms with Crippen molar-refractivity contribution in [1.82, 2.24) is 0 Å². The highest BCUT2D eigenvalue weighted by Crippen LogP contribution is 2.21. The molecule has 0 saturated carbocycles. The van der Waals surface area contributed by atoms with Crippen LogP contribution < -0.4 is 5.73 Å². The summed E-state index contributed by atoms with van der Waals surface area (Å²) in [5.41, 5.74) is 8.48. The second-order valence-corrected chi connectivity index (χ2v) is 4.15. The molecule has 0 amide bonds. The average molecular weight is 207 g/mol. The smallest absolute Gasteiger partial charge is 0.105 e. The van der Waals surface area contributed by atoms with Gasteiger partial charge in [-0.05, 0) is 41.8 Å². The van der Waals surface area contributed by atoms with Gasteiger partial charge < -0.3 is 10.2 Å². The van der Waals surface area contributed by atoms with Gasteiger partial charge in [0.2, 0.25) is 0 Å². The van der Waals surface area contributed by atoms with E-state index < -0.39 is 0 Å². The highest BCUT2D eigenvalue weighted by Gasteiger charge is 2.11. The van der Waals surface area contributed by atoms with E-state index in [-0.39, 0.29) is 6.04 Å². The molecular weight excluding hydrogens is 194 g/mol. The van der Waals surface area contributed by atoms with Crippen molar-refractivity contribution >= 4 is 11.3 Å². The average Bonchev–Trinajstić information content (AvgIpc) is 2.75. The molecule has 2 heterocycles. The standard InChI is InChI=1S/C11H13NOS/c1-8-10(2-4-13-8)11(12)6-9-3-5-14-7-9/h2-5,7,11H,6,12H2,1H3. The van der Waals surface area contributed by atoms with Gasteiger partial charge in [-0.2, -0.15) is 11.3 Å². The van der Waals surface area contributed by atoms with Gasteiger partial charge in [-0.15, -0.1) is 0 Å². The maximum atomic E-state index is 6.08. The van der Waals surface area contributed by atoms with Crippen LogP contribution in [-0.4, -0.2) is 0 Å². The van der Waals surface area contributed by atoms with Gasteiger partial charge in [0.1, 0.15) is 5.76 Å². The Labute approximate surface area is 87.4 Å². The maximum absolute atomic E-state index is 6.08. The molecule has 0 spiro atoms. The summed E-state index contributed by atoms with van der Waals surface area (Å²) in [6, 6.07) is 4.11. The number of aryl methyl sites for hydroxylation is 1. The molecule has 2 aromatic rings. The van der Waals surface area contributed by atoms with E-state index in [1.807, 2.05) is 13.0 Å². The molecule has 2 rings (SSSR count). The summed E-state index contributed by atoms with van der Waals surface area (Å²) in [4.78, 5) is 0. The minimum Gasteiger partial charge on any atom is -0.469 e. The number of furan rings is 1. The third kappa shape index (κ3) is 1.89. The minimum absolute atomic E-state index is 0.0448. The van der Waals surface area contributed by atoms with Crippen LogP contribution in [0, 0.1) is 6.92 Å². The topological polar surface area (TPSA) is 39.2 Å². The van der Waals surface area contributed by atoms with E-state index in [2.05, 4.69) is 16.8 Å². The second-order valence-electron chi connectivity index (χ2n) is 3.37. The highest BCUT2D eigenvalue weighted by atomic mass is 32.1. The first kappa shape index (κ1) is 9.49. The molecule has 2 N–H and O–H groups in total. The lowest BCUT2D eigenvalue weighted by Gasteiger charge is -2.08. The zero-order valence-electron chi connectivity index (χ0n) is 8.07. The predicted molar refractivity (Wildman–Crippen MR) is 58.4 cm³/mol. The molecule has 2 aromatic heterocycles. The van der Waals surface area contributed by atoms with Crippen molar-refractivity contribution in [1.29, 1.82) is 0 Å². The van der Waals surface area contributed by atoms with Crippen LogP contribution in [0.1, 0.15) is 22.9 Å². The van der Waals surface area contributed by atoms with E-state index in [0.29, 0.717) is 0 Å². The third-order valence-corrected chi connectivity index (χ3v) is 3.07. The number of thiophene rings is 1. The second kappa shape index (κ2) is 3.98. The van der Waals surface area contributed by atoms with Crippen molar-refractivity contribution in [2.45, 2.75) is 19.4 Å². The third-order valence-electron chi connectivity index (χ3n) is 2.33. The van der Waals surface area contributed by atoms with Gasteiger partial charge in [0, 0.05) is 11.6 Å². The van der Waals surface area contributed by atoms with Crippen LogP contribution in [0.2, 0.25) is 0 Å². The molecule has 0 bridgehead atoms. The van der Waals surface area contributed by atoms with E-state index >= 15 is 0 Å². The van der Waals surface area contributed by atoms with E-state index in [1.54, 1.807) is 17.6 Å². The summed E-state index contributed by atoms with van der Waals surface area (Å²) in [5, 5.41) is 4.21.